The quantitative estimate of drug-likeness (QED) is 0.828. The molecule has 1 aliphatic rings. The molecule has 2 rings (SSSR count). The number of benzene rings is 1. The first-order valence-electron chi connectivity index (χ1n) is 5.11. The summed E-state index contributed by atoms with van der Waals surface area (Å²) in [6, 6.07) is 5.73. The molecule has 0 bridgehead atoms. The molecule has 0 aromatic heterocycles. The van der Waals surface area contributed by atoms with Crippen molar-refractivity contribution in [1.82, 2.24) is 10.2 Å². The number of likely N-dealkylation sites (tertiary alicyclic amines) is 1. The highest BCUT2D eigenvalue weighted by Crippen LogP contribution is 2.22. The van der Waals surface area contributed by atoms with Gasteiger partial charge in [-0.3, -0.25) is 4.90 Å². The monoisotopic (exact) mass is 224 g/mol. The Morgan fingerprint density at radius 2 is 2.44 bits per heavy atom. The van der Waals surface area contributed by atoms with Crippen LogP contribution in [0.4, 0.5) is 9.18 Å². The van der Waals surface area contributed by atoms with Gasteiger partial charge in [0.2, 0.25) is 0 Å². The van der Waals surface area contributed by atoms with Crippen LogP contribution >= 0.6 is 0 Å². The number of amides is 2. The maximum absolute atomic E-state index is 12.9. The lowest BCUT2D eigenvalue weighted by Gasteiger charge is -2.39. The summed E-state index contributed by atoms with van der Waals surface area (Å²) < 4.78 is 18.4. The van der Waals surface area contributed by atoms with Crippen LogP contribution in [-0.2, 0) is 0 Å². The molecule has 4 nitrogen and oxygen atoms in total. The zero-order chi connectivity index (χ0) is 11.5. The van der Waals surface area contributed by atoms with E-state index in [1.54, 1.807) is 24.1 Å². The van der Waals surface area contributed by atoms with Crippen molar-refractivity contribution in [3.05, 3.63) is 30.1 Å². The third-order valence-corrected chi connectivity index (χ3v) is 2.51. The highest BCUT2D eigenvalue weighted by molar-refractivity contribution is 5.74. The van der Waals surface area contributed by atoms with E-state index in [1.165, 1.54) is 12.1 Å². The van der Waals surface area contributed by atoms with E-state index in [2.05, 4.69) is 5.32 Å². The van der Waals surface area contributed by atoms with Gasteiger partial charge in [0.25, 0.3) is 0 Å². The van der Waals surface area contributed by atoms with Gasteiger partial charge in [0, 0.05) is 26.1 Å². The zero-order valence-electron chi connectivity index (χ0n) is 8.94. The molecule has 1 aromatic carbocycles. The number of urea groups is 1. The highest BCUT2D eigenvalue weighted by atomic mass is 19.1. The maximum Gasteiger partial charge on any atom is 0.320 e. The van der Waals surface area contributed by atoms with Crippen molar-refractivity contribution < 1.29 is 13.9 Å². The van der Waals surface area contributed by atoms with Crippen molar-refractivity contribution in [2.45, 2.75) is 12.6 Å². The molecule has 1 aliphatic heterocycles. The van der Waals surface area contributed by atoms with Gasteiger partial charge in [-0.15, -0.1) is 0 Å². The summed E-state index contributed by atoms with van der Waals surface area (Å²) in [7, 11) is 1.57. The molecule has 1 N–H and O–H groups in total. The number of hydrogen-bond acceptors (Lipinski definition) is 2. The van der Waals surface area contributed by atoms with E-state index in [9.17, 15) is 9.18 Å². The van der Waals surface area contributed by atoms with Gasteiger partial charge in [-0.1, -0.05) is 6.07 Å². The molecule has 5 heteroatoms. The third-order valence-electron chi connectivity index (χ3n) is 2.51. The fraction of sp³-hybridized carbons (Fsp3) is 0.364. The van der Waals surface area contributed by atoms with Crippen molar-refractivity contribution in [3.63, 3.8) is 0 Å². The molecular weight excluding hydrogens is 211 g/mol. The first-order chi connectivity index (χ1) is 7.70. The van der Waals surface area contributed by atoms with Crippen molar-refractivity contribution in [2.75, 3.05) is 13.6 Å². The van der Waals surface area contributed by atoms with E-state index in [0.29, 0.717) is 12.3 Å². The van der Waals surface area contributed by atoms with Crippen LogP contribution in [-0.4, -0.2) is 30.8 Å². The van der Waals surface area contributed by atoms with E-state index < -0.39 is 0 Å². The molecule has 1 saturated heterocycles. The van der Waals surface area contributed by atoms with Crippen LogP contribution in [0.1, 0.15) is 6.42 Å². The molecule has 1 aromatic rings. The van der Waals surface area contributed by atoms with Gasteiger partial charge >= 0.3 is 6.03 Å². The molecule has 0 saturated carbocycles. The number of carbonyl (C=O) groups is 1. The summed E-state index contributed by atoms with van der Waals surface area (Å²) in [6.45, 7) is 0.666. The average Bonchev–Trinajstić information content (AvgIpc) is 2.24. The number of halogens is 1. The lowest BCUT2D eigenvalue weighted by Crippen LogP contribution is -2.56. The first-order valence-corrected chi connectivity index (χ1v) is 5.11. The van der Waals surface area contributed by atoms with Crippen molar-refractivity contribution in [2.24, 2.45) is 0 Å². The Morgan fingerprint density at radius 3 is 3.00 bits per heavy atom. The van der Waals surface area contributed by atoms with Crippen LogP contribution in [0, 0.1) is 5.82 Å². The zero-order valence-corrected chi connectivity index (χ0v) is 8.94. The fourth-order valence-corrected chi connectivity index (χ4v) is 1.56. The molecule has 16 heavy (non-hydrogen) atoms. The van der Waals surface area contributed by atoms with E-state index in [1.807, 2.05) is 0 Å². The van der Waals surface area contributed by atoms with Crippen LogP contribution in [0.25, 0.3) is 0 Å². The van der Waals surface area contributed by atoms with Gasteiger partial charge in [0.15, 0.2) is 6.23 Å². The Morgan fingerprint density at radius 1 is 1.62 bits per heavy atom. The fourth-order valence-electron chi connectivity index (χ4n) is 1.56. The van der Waals surface area contributed by atoms with Gasteiger partial charge in [0.1, 0.15) is 11.6 Å². The minimum Gasteiger partial charge on any atom is -0.470 e. The van der Waals surface area contributed by atoms with E-state index >= 15 is 0 Å². The number of ether oxygens (including phenoxy) is 1. The van der Waals surface area contributed by atoms with Gasteiger partial charge in [-0.2, -0.15) is 0 Å². The number of nitrogens with zero attached hydrogens (tertiary/aromatic N) is 1. The molecule has 86 valence electrons. The molecule has 0 radical (unpaired) electrons. The smallest absolute Gasteiger partial charge is 0.320 e. The van der Waals surface area contributed by atoms with Gasteiger partial charge in [-0.25, -0.2) is 9.18 Å². The number of nitrogens with one attached hydrogen (secondary N) is 1. The third kappa shape index (κ3) is 2.08. The summed E-state index contributed by atoms with van der Waals surface area (Å²) in [6.07, 6.45) is 0.478. The minimum absolute atomic E-state index is 0.173. The van der Waals surface area contributed by atoms with Crippen LogP contribution in [0.2, 0.25) is 0 Å². The maximum atomic E-state index is 12.9. The predicted molar refractivity (Wildman–Crippen MR) is 56.6 cm³/mol. The number of hydrogen-bond donors (Lipinski definition) is 1. The summed E-state index contributed by atoms with van der Waals surface area (Å²) in [5.41, 5.74) is 0. The Kier molecular flexibility index (Phi) is 2.94. The van der Waals surface area contributed by atoms with Crippen LogP contribution < -0.4 is 10.1 Å². The second-order valence-electron chi connectivity index (χ2n) is 3.57. The molecule has 1 fully saturated rings. The second kappa shape index (κ2) is 4.38. The van der Waals surface area contributed by atoms with E-state index in [-0.39, 0.29) is 18.1 Å². The Bertz CT molecular complexity index is 397. The molecule has 0 aliphatic carbocycles. The van der Waals surface area contributed by atoms with Crippen LogP contribution in [0.15, 0.2) is 24.3 Å². The molecule has 2 amide bonds. The number of carbonyl (C=O) groups excluding carboxylic acids is 1. The molecule has 1 heterocycles. The summed E-state index contributed by atoms with van der Waals surface area (Å²) in [5, 5.41) is 2.53. The van der Waals surface area contributed by atoms with Crippen molar-refractivity contribution in [3.8, 4) is 5.75 Å². The minimum atomic E-state index is -0.344. The normalized spacial score (nSPS) is 18.9. The topological polar surface area (TPSA) is 41.6 Å². The number of rotatable bonds is 2. The SMILES string of the molecule is CNC(=O)N1CC[C@@H]1Oc1cccc(F)c1. The van der Waals surface area contributed by atoms with Crippen molar-refractivity contribution >= 4 is 6.03 Å². The van der Waals surface area contributed by atoms with Crippen LogP contribution in [0.5, 0.6) is 5.75 Å². The lowest BCUT2D eigenvalue weighted by atomic mass is 10.2. The lowest BCUT2D eigenvalue weighted by molar-refractivity contribution is -0.0211. The average molecular weight is 224 g/mol. The van der Waals surface area contributed by atoms with Crippen LogP contribution in [0.3, 0.4) is 0 Å². The van der Waals surface area contributed by atoms with Gasteiger partial charge < -0.3 is 10.1 Å². The second-order valence-corrected chi connectivity index (χ2v) is 3.57. The van der Waals surface area contributed by atoms with Crippen molar-refractivity contribution in [1.29, 1.82) is 0 Å². The standard InChI is InChI=1S/C11H13FN2O2/c1-13-11(15)14-6-5-10(14)16-9-4-2-3-8(12)7-9/h2-4,7,10H,5-6H2,1H3,(H,13,15)/t10-/m0/s1. The molecule has 0 spiro atoms. The molecular formula is C11H13FN2O2. The summed E-state index contributed by atoms with van der Waals surface area (Å²) in [4.78, 5) is 12.9. The molecule has 1 atom stereocenters. The van der Waals surface area contributed by atoms with E-state index in [0.717, 1.165) is 6.42 Å². The largest absolute Gasteiger partial charge is 0.470 e. The summed E-state index contributed by atoms with van der Waals surface area (Å²) >= 11 is 0. The first kappa shape index (κ1) is 10.7. The van der Waals surface area contributed by atoms with Gasteiger partial charge in [-0.05, 0) is 12.1 Å². The Hall–Kier alpha value is -1.78. The van der Waals surface area contributed by atoms with E-state index in [4.69, 9.17) is 4.74 Å². The highest BCUT2D eigenvalue weighted by Gasteiger charge is 2.33. The Balaban J connectivity index is 1.98. The summed E-state index contributed by atoms with van der Waals surface area (Å²) in [5.74, 6) is 0.0990. The molecule has 0 unspecified atom stereocenters. The predicted octanol–water partition coefficient (Wildman–Crippen LogP) is 1.58. The Labute approximate surface area is 93.0 Å². The van der Waals surface area contributed by atoms with Gasteiger partial charge in [0.05, 0.1) is 0 Å².